The Kier molecular flexibility index (Phi) is 5.52. The molecule has 1 aromatic heterocycles. The molecule has 0 radical (unpaired) electrons. The van der Waals surface area contributed by atoms with Crippen LogP contribution in [0.3, 0.4) is 0 Å². The number of nitrogens with zero attached hydrogens (tertiary/aromatic N) is 1. The molecule has 6 N–H and O–H groups in total. The van der Waals surface area contributed by atoms with Gasteiger partial charge in [0.2, 0.25) is 15.9 Å². The van der Waals surface area contributed by atoms with Gasteiger partial charge in [0.05, 0.1) is 4.90 Å². The third-order valence-electron chi connectivity index (χ3n) is 5.06. The molecule has 0 atom stereocenters. The highest BCUT2D eigenvalue weighted by atomic mass is 32.2. The average Bonchev–Trinajstić information content (AvgIpc) is 3.15. The van der Waals surface area contributed by atoms with Crippen LogP contribution in [0.15, 0.2) is 83.9 Å². The molecular formula is C23H21N5O3S. The molecule has 3 aromatic carbocycles. The lowest BCUT2D eigenvalue weighted by Gasteiger charge is -2.10. The third kappa shape index (κ3) is 4.53. The molecule has 0 aliphatic carbocycles. The lowest BCUT2D eigenvalue weighted by atomic mass is 10.1. The fourth-order valence-corrected chi connectivity index (χ4v) is 3.99. The van der Waals surface area contributed by atoms with Crippen LogP contribution in [0.1, 0.15) is 5.56 Å². The number of amides is 1. The monoisotopic (exact) mass is 447 g/mol. The number of nitrogens with two attached hydrogens (primary N) is 2. The molecule has 32 heavy (non-hydrogen) atoms. The Morgan fingerprint density at radius 1 is 0.969 bits per heavy atom. The zero-order chi connectivity index (χ0) is 22.9. The first kappa shape index (κ1) is 21.3. The second-order valence-electron chi connectivity index (χ2n) is 7.33. The zero-order valence-corrected chi connectivity index (χ0v) is 17.8. The molecule has 0 unspecified atom stereocenters. The number of benzene rings is 3. The molecule has 4 aromatic rings. The minimum atomic E-state index is -3.75. The van der Waals surface area contributed by atoms with Crippen LogP contribution >= 0.6 is 0 Å². The van der Waals surface area contributed by atoms with Gasteiger partial charge in [-0.2, -0.15) is 0 Å². The van der Waals surface area contributed by atoms with Crippen LogP contribution < -0.4 is 16.2 Å². The number of amidine groups is 1. The van der Waals surface area contributed by atoms with Gasteiger partial charge in [-0.3, -0.25) is 10.2 Å². The number of fused-ring (bicyclic) bond motifs is 1. The number of carbonyl (C=O) groups is 1. The van der Waals surface area contributed by atoms with Gasteiger partial charge in [0, 0.05) is 28.4 Å². The van der Waals surface area contributed by atoms with Gasteiger partial charge in [-0.1, -0.05) is 24.3 Å². The molecule has 0 fully saturated rings. The highest BCUT2D eigenvalue weighted by molar-refractivity contribution is 7.89. The second-order valence-corrected chi connectivity index (χ2v) is 8.89. The van der Waals surface area contributed by atoms with Crippen LogP contribution in [-0.2, 0) is 21.4 Å². The predicted octanol–water partition coefficient (Wildman–Crippen LogP) is 2.88. The number of hydrogen-bond donors (Lipinski definition) is 4. The molecule has 0 aliphatic rings. The molecule has 1 heterocycles. The van der Waals surface area contributed by atoms with Crippen molar-refractivity contribution in [1.82, 2.24) is 4.57 Å². The van der Waals surface area contributed by atoms with Gasteiger partial charge in [-0.25, -0.2) is 13.6 Å². The molecule has 9 heteroatoms. The molecule has 0 spiro atoms. The highest BCUT2D eigenvalue weighted by Crippen LogP contribution is 2.24. The van der Waals surface area contributed by atoms with E-state index in [2.05, 4.69) is 5.32 Å². The lowest BCUT2D eigenvalue weighted by molar-refractivity contribution is -0.116. The number of rotatable bonds is 6. The van der Waals surface area contributed by atoms with Crippen molar-refractivity contribution in [3.05, 3.63) is 84.6 Å². The standard InChI is InChI=1S/C23H21N5O3S/c24-23(25)18-6-9-21-17(12-18)10-11-28(21)14-22(29)27-19-3-1-2-16(13-19)15-4-7-20(8-5-15)32(26,30)31/h1-13H,14H2,(H3,24,25)(H,27,29)(H2,26,30,31). The van der Waals surface area contributed by atoms with Crippen molar-refractivity contribution in [1.29, 1.82) is 5.41 Å². The van der Waals surface area contributed by atoms with E-state index in [0.29, 0.717) is 11.3 Å². The minimum Gasteiger partial charge on any atom is -0.384 e. The van der Waals surface area contributed by atoms with Crippen LogP contribution in [0.25, 0.3) is 22.0 Å². The number of nitrogen functional groups attached to an aromatic ring is 1. The average molecular weight is 448 g/mol. The first-order valence-electron chi connectivity index (χ1n) is 9.67. The van der Waals surface area contributed by atoms with Crippen LogP contribution in [0.4, 0.5) is 5.69 Å². The van der Waals surface area contributed by atoms with Crippen LogP contribution in [-0.4, -0.2) is 24.7 Å². The molecule has 0 saturated carbocycles. The summed E-state index contributed by atoms with van der Waals surface area (Å²) in [5.74, 6) is -0.198. The predicted molar refractivity (Wildman–Crippen MR) is 125 cm³/mol. The summed E-state index contributed by atoms with van der Waals surface area (Å²) < 4.78 is 24.7. The Hall–Kier alpha value is -3.95. The van der Waals surface area contributed by atoms with Gasteiger partial charge in [0.15, 0.2) is 0 Å². The first-order valence-corrected chi connectivity index (χ1v) is 11.2. The fourth-order valence-electron chi connectivity index (χ4n) is 3.47. The van der Waals surface area contributed by atoms with E-state index < -0.39 is 10.0 Å². The number of primary sulfonamides is 1. The molecule has 0 aliphatic heterocycles. The van der Waals surface area contributed by atoms with Crippen molar-refractivity contribution in [2.45, 2.75) is 11.4 Å². The molecule has 8 nitrogen and oxygen atoms in total. The number of aromatic nitrogens is 1. The molecule has 0 bridgehead atoms. The maximum absolute atomic E-state index is 12.6. The Morgan fingerprint density at radius 2 is 1.72 bits per heavy atom. The number of hydrogen-bond acceptors (Lipinski definition) is 4. The molecule has 0 saturated heterocycles. The third-order valence-corrected chi connectivity index (χ3v) is 5.99. The normalized spacial score (nSPS) is 11.4. The smallest absolute Gasteiger partial charge is 0.244 e. The summed E-state index contributed by atoms with van der Waals surface area (Å²) >= 11 is 0. The highest BCUT2D eigenvalue weighted by Gasteiger charge is 2.10. The number of sulfonamides is 1. The van der Waals surface area contributed by atoms with Crippen LogP contribution in [0.2, 0.25) is 0 Å². The number of anilines is 1. The minimum absolute atomic E-state index is 0.00318. The van der Waals surface area contributed by atoms with Gasteiger partial charge < -0.3 is 15.6 Å². The summed E-state index contributed by atoms with van der Waals surface area (Å²) in [4.78, 5) is 12.7. The molecule has 4 rings (SSSR count). The second kappa shape index (κ2) is 8.29. The van der Waals surface area contributed by atoms with Crippen molar-refractivity contribution in [2.75, 3.05) is 5.32 Å². The molecule has 1 amide bonds. The van der Waals surface area contributed by atoms with Crippen molar-refractivity contribution in [3.63, 3.8) is 0 Å². The summed E-state index contributed by atoms with van der Waals surface area (Å²) in [6.45, 7) is 0.121. The van der Waals surface area contributed by atoms with Crippen molar-refractivity contribution in [3.8, 4) is 11.1 Å². The van der Waals surface area contributed by atoms with Crippen molar-refractivity contribution >= 4 is 38.4 Å². The van der Waals surface area contributed by atoms with Gasteiger partial charge in [0.25, 0.3) is 0 Å². The Morgan fingerprint density at radius 3 is 2.41 bits per heavy atom. The van der Waals surface area contributed by atoms with Gasteiger partial charge in [0.1, 0.15) is 12.4 Å². The van der Waals surface area contributed by atoms with E-state index in [1.54, 1.807) is 24.3 Å². The summed E-state index contributed by atoms with van der Waals surface area (Å²) in [7, 11) is -3.75. The van der Waals surface area contributed by atoms with Crippen LogP contribution in [0, 0.1) is 5.41 Å². The number of carbonyl (C=O) groups excluding carboxylic acids is 1. The van der Waals surface area contributed by atoms with E-state index in [1.807, 2.05) is 47.2 Å². The maximum Gasteiger partial charge on any atom is 0.244 e. The van der Waals surface area contributed by atoms with Crippen LogP contribution in [0.5, 0.6) is 0 Å². The summed E-state index contributed by atoms with van der Waals surface area (Å²) in [5.41, 5.74) is 9.29. The van der Waals surface area contributed by atoms with E-state index >= 15 is 0 Å². The van der Waals surface area contributed by atoms with Crippen molar-refractivity contribution in [2.24, 2.45) is 10.9 Å². The summed E-state index contributed by atoms with van der Waals surface area (Å²) in [6, 6.07) is 20.8. The van der Waals surface area contributed by atoms with Gasteiger partial charge >= 0.3 is 0 Å². The lowest BCUT2D eigenvalue weighted by Crippen LogP contribution is -2.18. The molecular weight excluding hydrogens is 426 g/mol. The Bertz CT molecular complexity index is 1440. The SMILES string of the molecule is N=C(N)c1ccc2c(ccn2CC(=O)Nc2cccc(-c3ccc(S(N)(=O)=O)cc3)c2)c1. The van der Waals surface area contributed by atoms with E-state index in [4.69, 9.17) is 16.3 Å². The van der Waals surface area contributed by atoms with Gasteiger partial charge in [-0.15, -0.1) is 0 Å². The fraction of sp³-hybridized carbons (Fsp3) is 0.0435. The molecule has 162 valence electrons. The Balaban J connectivity index is 1.50. The van der Waals surface area contributed by atoms with E-state index in [0.717, 1.165) is 22.0 Å². The Labute approximate surface area is 185 Å². The van der Waals surface area contributed by atoms with E-state index in [9.17, 15) is 13.2 Å². The van der Waals surface area contributed by atoms with Gasteiger partial charge in [-0.05, 0) is 59.7 Å². The summed E-state index contributed by atoms with van der Waals surface area (Å²) in [5, 5.41) is 16.5. The number of nitrogens with one attached hydrogen (secondary N) is 2. The quantitative estimate of drug-likeness (QED) is 0.266. The summed E-state index contributed by atoms with van der Waals surface area (Å²) in [6.07, 6.45) is 1.82. The maximum atomic E-state index is 12.6. The van der Waals surface area contributed by atoms with Crippen molar-refractivity contribution < 1.29 is 13.2 Å². The largest absolute Gasteiger partial charge is 0.384 e. The van der Waals surface area contributed by atoms with E-state index in [1.165, 1.54) is 12.1 Å². The van der Waals surface area contributed by atoms with E-state index in [-0.39, 0.29) is 23.2 Å². The topological polar surface area (TPSA) is 144 Å². The zero-order valence-electron chi connectivity index (χ0n) is 16.9. The first-order chi connectivity index (χ1) is 15.2.